The van der Waals surface area contributed by atoms with Crippen molar-refractivity contribution in [2.75, 3.05) is 0 Å². The number of thioether (sulfide) groups is 1. The molecule has 28 heavy (non-hydrogen) atoms. The highest BCUT2D eigenvalue weighted by Gasteiger charge is 2.24. The lowest BCUT2D eigenvalue weighted by atomic mass is 10.2. The van der Waals surface area contributed by atoms with Crippen LogP contribution in [0.25, 0.3) is 17.2 Å². The van der Waals surface area contributed by atoms with Gasteiger partial charge in [-0.15, -0.1) is 0 Å². The minimum absolute atomic E-state index is 0.0462. The molecule has 3 aromatic rings. The summed E-state index contributed by atoms with van der Waals surface area (Å²) in [6, 6.07) is 11.4. The maximum Gasteiger partial charge on any atom is 0.264 e. The molecule has 142 valence electrons. The standard InChI is InChI=1S/C18H14N4O4S2/c1-10-20-14-6-5-11(7-15(14)26-10)8-16-17(23)22-18(27-16)21-12-3-2-4-13(9-12)28(19,24)25/h2-9H,1H3,(H2,19,24,25)(H,21,22,23)/b16-8+. The van der Waals surface area contributed by atoms with Gasteiger partial charge in [-0.25, -0.2) is 23.5 Å². The number of aryl methyl sites for hydroxylation is 1. The number of nitrogens with two attached hydrogens (primary N) is 1. The second-order valence-corrected chi connectivity index (χ2v) is 8.58. The minimum atomic E-state index is -3.83. The van der Waals surface area contributed by atoms with Crippen LogP contribution in [-0.2, 0) is 14.8 Å². The number of benzene rings is 2. The number of oxazole rings is 1. The first-order chi connectivity index (χ1) is 13.3. The van der Waals surface area contributed by atoms with E-state index in [1.165, 1.54) is 18.2 Å². The topological polar surface area (TPSA) is 128 Å². The van der Waals surface area contributed by atoms with Crippen molar-refractivity contribution >= 4 is 55.7 Å². The molecule has 0 atom stereocenters. The third kappa shape index (κ3) is 3.84. The molecule has 8 nitrogen and oxygen atoms in total. The minimum Gasteiger partial charge on any atom is -0.441 e. The van der Waals surface area contributed by atoms with E-state index in [0.29, 0.717) is 27.2 Å². The molecule has 0 aliphatic carbocycles. The van der Waals surface area contributed by atoms with E-state index in [0.717, 1.165) is 22.8 Å². The van der Waals surface area contributed by atoms with E-state index in [1.54, 1.807) is 25.1 Å². The zero-order chi connectivity index (χ0) is 19.9. The van der Waals surface area contributed by atoms with E-state index < -0.39 is 10.0 Å². The molecule has 1 fully saturated rings. The molecule has 1 aliphatic rings. The smallest absolute Gasteiger partial charge is 0.264 e. The van der Waals surface area contributed by atoms with E-state index in [2.05, 4.69) is 15.3 Å². The number of carbonyl (C=O) groups excluding carboxylic acids is 1. The average molecular weight is 414 g/mol. The number of primary sulfonamides is 1. The summed E-state index contributed by atoms with van der Waals surface area (Å²) in [5, 5.41) is 8.14. The molecule has 3 N–H and O–H groups in total. The SMILES string of the molecule is Cc1nc2ccc(/C=C3/SC(=Nc4cccc(S(N)(=O)=O)c4)NC3=O)cc2o1. The van der Waals surface area contributed by atoms with Gasteiger partial charge in [0.25, 0.3) is 5.91 Å². The molecule has 1 saturated heterocycles. The van der Waals surface area contributed by atoms with Crippen molar-refractivity contribution in [3.8, 4) is 0 Å². The Morgan fingerprint density at radius 1 is 1.25 bits per heavy atom. The highest BCUT2D eigenvalue weighted by atomic mass is 32.2. The van der Waals surface area contributed by atoms with Crippen LogP contribution in [0.3, 0.4) is 0 Å². The van der Waals surface area contributed by atoms with Crippen molar-refractivity contribution in [3.63, 3.8) is 0 Å². The van der Waals surface area contributed by atoms with Crippen LogP contribution >= 0.6 is 11.8 Å². The molecule has 0 spiro atoms. The normalized spacial score (nSPS) is 17.6. The Bertz CT molecular complexity index is 1280. The third-order valence-electron chi connectivity index (χ3n) is 3.84. The van der Waals surface area contributed by atoms with E-state index in [1.807, 2.05) is 12.1 Å². The summed E-state index contributed by atoms with van der Waals surface area (Å²) < 4.78 is 28.4. The summed E-state index contributed by atoms with van der Waals surface area (Å²) in [6.45, 7) is 1.77. The van der Waals surface area contributed by atoms with Gasteiger partial charge in [-0.05, 0) is 53.7 Å². The first kappa shape index (κ1) is 18.4. The van der Waals surface area contributed by atoms with Crippen molar-refractivity contribution in [2.45, 2.75) is 11.8 Å². The van der Waals surface area contributed by atoms with Crippen LogP contribution in [0, 0.1) is 6.92 Å². The van der Waals surface area contributed by atoms with Gasteiger partial charge in [-0.2, -0.15) is 0 Å². The highest BCUT2D eigenvalue weighted by Crippen LogP contribution is 2.29. The molecule has 2 heterocycles. The maximum absolute atomic E-state index is 12.2. The Labute approximate surface area is 164 Å². The van der Waals surface area contributed by atoms with Gasteiger partial charge < -0.3 is 9.73 Å². The van der Waals surface area contributed by atoms with Crippen LogP contribution in [0.2, 0.25) is 0 Å². The molecular weight excluding hydrogens is 400 g/mol. The number of nitrogens with one attached hydrogen (secondary N) is 1. The molecule has 4 rings (SSSR count). The Morgan fingerprint density at radius 3 is 2.86 bits per heavy atom. The number of hydrogen-bond acceptors (Lipinski definition) is 7. The quantitative estimate of drug-likeness (QED) is 0.634. The van der Waals surface area contributed by atoms with E-state index in [9.17, 15) is 13.2 Å². The second kappa shape index (κ2) is 6.89. The first-order valence-electron chi connectivity index (χ1n) is 8.07. The summed E-state index contributed by atoms with van der Waals surface area (Å²) in [5.74, 6) is 0.282. The first-order valence-corrected chi connectivity index (χ1v) is 10.4. The fraction of sp³-hybridized carbons (Fsp3) is 0.0556. The number of aliphatic imine (C=N–C) groups is 1. The number of amidine groups is 1. The molecule has 2 aromatic carbocycles. The average Bonchev–Trinajstić information content (AvgIpc) is 3.15. The molecule has 1 aromatic heterocycles. The molecule has 10 heteroatoms. The maximum atomic E-state index is 12.2. The number of carbonyl (C=O) groups is 1. The largest absolute Gasteiger partial charge is 0.441 e. The van der Waals surface area contributed by atoms with Gasteiger partial charge >= 0.3 is 0 Å². The van der Waals surface area contributed by atoms with E-state index in [4.69, 9.17) is 9.56 Å². The molecule has 0 saturated carbocycles. The molecule has 0 bridgehead atoms. The Kier molecular flexibility index (Phi) is 4.53. The summed E-state index contributed by atoms with van der Waals surface area (Å²) in [5.41, 5.74) is 2.55. The lowest BCUT2D eigenvalue weighted by Crippen LogP contribution is -2.19. The van der Waals surface area contributed by atoms with Gasteiger partial charge in [0.2, 0.25) is 10.0 Å². The lowest BCUT2D eigenvalue weighted by molar-refractivity contribution is -0.115. The third-order valence-corrected chi connectivity index (χ3v) is 5.67. The molecule has 1 aliphatic heterocycles. The van der Waals surface area contributed by atoms with Gasteiger partial charge in [0, 0.05) is 6.92 Å². The number of hydrogen-bond donors (Lipinski definition) is 2. The number of aromatic nitrogens is 1. The molecule has 1 amide bonds. The van der Waals surface area contributed by atoms with Crippen LogP contribution in [-0.4, -0.2) is 24.5 Å². The van der Waals surface area contributed by atoms with Crippen LogP contribution in [0.5, 0.6) is 0 Å². The summed E-state index contributed by atoms with van der Waals surface area (Å²) in [4.78, 5) is 21.2. The zero-order valence-electron chi connectivity index (χ0n) is 14.5. The number of fused-ring (bicyclic) bond motifs is 1. The van der Waals surface area contributed by atoms with E-state index >= 15 is 0 Å². The van der Waals surface area contributed by atoms with Crippen LogP contribution in [0.4, 0.5) is 5.69 Å². The van der Waals surface area contributed by atoms with Crippen molar-refractivity contribution in [1.82, 2.24) is 10.3 Å². The lowest BCUT2D eigenvalue weighted by Gasteiger charge is -2.00. The van der Waals surface area contributed by atoms with Crippen molar-refractivity contribution < 1.29 is 17.6 Å². The highest BCUT2D eigenvalue weighted by molar-refractivity contribution is 8.18. The number of sulfonamides is 1. The molecule has 0 radical (unpaired) electrons. The summed E-state index contributed by atoms with van der Waals surface area (Å²) in [6.07, 6.45) is 1.72. The summed E-state index contributed by atoms with van der Waals surface area (Å²) in [7, 11) is -3.83. The Hall–Kier alpha value is -2.95. The zero-order valence-corrected chi connectivity index (χ0v) is 16.2. The predicted octanol–water partition coefficient (Wildman–Crippen LogP) is 2.68. The van der Waals surface area contributed by atoms with Gasteiger partial charge in [0.05, 0.1) is 15.5 Å². The second-order valence-electron chi connectivity index (χ2n) is 5.98. The Morgan fingerprint density at radius 2 is 2.07 bits per heavy atom. The predicted molar refractivity (Wildman–Crippen MR) is 107 cm³/mol. The fourth-order valence-corrected chi connectivity index (χ4v) is 4.02. The number of nitrogens with zero attached hydrogens (tertiary/aromatic N) is 2. The number of rotatable bonds is 3. The van der Waals surface area contributed by atoms with Crippen LogP contribution < -0.4 is 10.5 Å². The van der Waals surface area contributed by atoms with Gasteiger partial charge in [-0.1, -0.05) is 12.1 Å². The summed E-state index contributed by atoms with van der Waals surface area (Å²) >= 11 is 1.16. The van der Waals surface area contributed by atoms with Crippen molar-refractivity contribution in [3.05, 3.63) is 58.8 Å². The monoisotopic (exact) mass is 414 g/mol. The van der Waals surface area contributed by atoms with Gasteiger partial charge in [-0.3, -0.25) is 4.79 Å². The van der Waals surface area contributed by atoms with E-state index in [-0.39, 0.29) is 10.8 Å². The van der Waals surface area contributed by atoms with Crippen LogP contribution in [0.1, 0.15) is 11.5 Å². The van der Waals surface area contributed by atoms with Crippen LogP contribution in [0.15, 0.2) is 61.7 Å². The number of amides is 1. The van der Waals surface area contributed by atoms with Gasteiger partial charge in [0.1, 0.15) is 5.52 Å². The molecule has 0 unspecified atom stereocenters. The van der Waals surface area contributed by atoms with Gasteiger partial charge in [0.15, 0.2) is 16.6 Å². The molecular formula is C18H14N4O4S2. The Balaban J connectivity index is 1.61. The fourth-order valence-electron chi connectivity index (χ4n) is 2.63. The van der Waals surface area contributed by atoms with Crippen molar-refractivity contribution in [2.24, 2.45) is 10.1 Å². The van der Waals surface area contributed by atoms with Crippen molar-refractivity contribution in [1.29, 1.82) is 0 Å².